The average Bonchev–Trinajstić information content (AvgIpc) is 2.70. The van der Waals surface area contributed by atoms with Crippen LogP contribution in [-0.4, -0.2) is 36.5 Å². The fourth-order valence-electron chi connectivity index (χ4n) is 3.30. The standard InChI is InChI=1S/C22H26FN3O2/c1-15-3-4-18(13-16(15)2)21(27)24-14-17-9-11-26(12-10-17)22(28)25-20-7-5-19(23)6-8-20/h3-8,13,17H,9-12,14H2,1-2H3,(H,24,27)(H,25,28). The van der Waals surface area contributed by atoms with Crippen molar-refractivity contribution in [3.63, 3.8) is 0 Å². The molecule has 5 nitrogen and oxygen atoms in total. The van der Waals surface area contributed by atoms with Gasteiger partial charge in [0.2, 0.25) is 0 Å². The van der Waals surface area contributed by atoms with Crippen LogP contribution < -0.4 is 10.6 Å². The third-order valence-electron chi connectivity index (χ3n) is 5.32. The minimum Gasteiger partial charge on any atom is -0.352 e. The lowest BCUT2D eigenvalue weighted by Gasteiger charge is -2.32. The molecule has 1 aliphatic rings. The van der Waals surface area contributed by atoms with Crippen LogP contribution >= 0.6 is 0 Å². The Morgan fingerprint density at radius 1 is 1.04 bits per heavy atom. The average molecular weight is 383 g/mol. The van der Waals surface area contributed by atoms with Gasteiger partial charge >= 0.3 is 6.03 Å². The van der Waals surface area contributed by atoms with E-state index in [1.54, 1.807) is 17.0 Å². The number of aryl methyl sites for hydroxylation is 2. The number of carbonyl (C=O) groups excluding carboxylic acids is 2. The van der Waals surface area contributed by atoms with E-state index in [1.165, 1.54) is 17.7 Å². The minimum absolute atomic E-state index is 0.0559. The molecule has 148 valence electrons. The first-order valence-electron chi connectivity index (χ1n) is 9.59. The van der Waals surface area contributed by atoms with Crippen molar-refractivity contribution in [3.8, 4) is 0 Å². The molecule has 0 aliphatic carbocycles. The molecule has 1 heterocycles. The molecule has 1 saturated heterocycles. The topological polar surface area (TPSA) is 61.4 Å². The summed E-state index contributed by atoms with van der Waals surface area (Å²) in [4.78, 5) is 26.4. The van der Waals surface area contributed by atoms with E-state index in [9.17, 15) is 14.0 Å². The second-order valence-electron chi connectivity index (χ2n) is 7.38. The number of nitrogens with one attached hydrogen (secondary N) is 2. The molecule has 2 aromatic rings. The fourth-order valence-corrected chi connectivity index (χ4v) is 3.30. The summed E-state index contributed by atoms with van der Waals surface area (Å²) in [5, 5.41) is 5.80. The van der Waals surface area contributed by atoms with Gasteiger partial charge in [-0.1, -0.05) is 6.07 Å². The number of urea groups is 1. The van der Waals surface area contributed by atoms with Crippen LogP contribution in [0.25, 0.3) is 0 Å². The molecule has 2 N–H and O–H groups in total. The monoisotopic (exact) mass is 383 g/mol. The number of hydrogen-bond acceptors (Lipinski definition) is 2. The van der Waals surface area contributed by atoms with Crippen molar-refractivity contribution in [1.29, 1.82) is 0 Å². The van der Waals surface area contributed by atoms with Gasteiger partial charge in [0.1, 0.15) is 5.82 Å². The molecule has 0 bridgehead atoms. The van der Waals surface area contributed by atoms with Crippen LogP contribution in [0.4, 0.5) is 14.9 Å². The number of piperidine rings is 1. The highest BCUT2D eigenvalue weighted by Gasteiger charge is 2.23. The van der Waals surface area contributed by atoms with Gasteiger partial charge in [-0.2, -0.15) is 0 Å². The number of likely N-dealkylation sites (tertiary alicyclic amines) is 1. The molecular formula is C22H26FN3O2. The molecule has 1 aliphatic heterocycles. The van der Waals surface area contributed by atoms with Gasteiger partial charge in [-0.25, -0.2) is 9.18 Å². The Hall–Kier alpha value is -2.89. The van der Waals surface area contributed by atoms with Crippen LogP contribution in [0.5, 0.6) is 0 Å². The van der Waals surface area contributed by atoms with Gasteiger partial charge in [-0.15, -0.1) is 0 Å². The molecule has 3 rings (SSSR count). The molecule has 0 aromatic heterocycles. The Morgan fingerprint density at radius 2 is 1.71 bits per heavy atom. The quantitative estimate of drug-likeness (QED) is 0.834. The van der Waals surface area contributed by atoms with Crippen molar-refractivity contribution < 1.29 is 14.0 Å². The zero-order valence-corrected chi connectivity index (χ0v) is 16.3. The Labute approximate surface area is 164 Å². The first kappa shape index (κ1) is 19.9. The molecular weight excluding hydrogens is 357 g/mol. The summed E-state index contributed by atoms with van der Waals surface area (Å²) < 4.78 is 12.9. The smallest absolute Gasteiger partial charge is 0.321 e. The SMILES string of the molecule is Cc1ccc(C(=O)NCC2CCN(C(=O)Nc3ccc(F)cc3)CC2)cc1C. The summed E-state index contributed by atoms with van der Waals surface area (Å²) in [6.45, 7) is 5.91. The van der Waals surface area contributed by atoms with Crippen LogP contribution in [0.2, 0.25) is 0 Å². The van der Waals surface area contributed by atoms with Gasteiger partial charge < -0.3 is 15.5 Å². The van der Waals surface area contributed by atoms with Gasteiger partial charge in [0.05, 0.1) is 0 Å². The van der Waals surface area contributed by atoms with Gasteiger partial charge in [-0.05, 0) is 80.1 Å². The van der Waals surface area contributed by atoms with Crippen molar-refractivity contribution >= 4 is 17.6 Å². The predicted octanol–water partition coefficient (Wildman–Crippen LogP) is 4.12. The summed E-state index contributed by atoms with van der Waals surface area (Å²) in [6.07, 6.45) is 1.67. The highest BCUT2D eigenvalue weighted by molar-refractivity contribution is 5.94. The van der Waals surface area contributed by atoms with E-state index < -0.39 is 0 Å². The van der Waals surface area contributed by atoms with Crippen LogP contribution in [0.15, 0.2) is 42.5 Å². The van der Waals surface area contributed by atoms with Crippen molar-refractivity contribution in [2.75, 3.05) is 25.0 Å². The molecule has 0 atom stereocenters. The lowest BCUT2D eigenvalue weighted by molar-refractivity contribution is 0.0938. The van der Waals surface area contributed by atoms with E-state index >= 15 is 0 Å². The number of hydrogen-bond donors (Lipinski definition) is 2. The normalized spacial score (nSPS) is 14.6. The molecule has 3 amide bonds. The number of nitrogens with zero attached hydrogens (tertiary/aromatic N) is 1. The second kappa shape index (κ2) is 8.87. The van der Waals surface area contributed by atoms with Gasteiger partial charge in [-0.3, -0.25) is 4.79 Å². The number of carbonyl (C=O) groups is 2. The maximum Gasteiger partial charge on any atom is 0.321 e. The molecule has 2 aromatic carbocycles. The summed E-state index contributed by atoms with van der Waals surface area (Å²) in [5.74, 6) is -0.0355. The number of amides is 3. The van der Waals surface area contributed by atoms with Crippen molar-refractivity contribution in [2.45, 2.75) is 26.7 Å². The second-order valence-corrected chi connectivity index (χ2v) is 7.38. The zero-order valence-electron chi connectivity index (χ0n) is 16.3. The highest BCUT2D eigenvalue weighted by atomic mass is 19.1. The van der Waals surface area contributed by atoms with Gasteiger partial charge in [0.15, 0.2) is 0 Å². The number of anilines is 1. The van der Waals surface area contributed by atoms with E-state index in [0.717, 1.165) is 18.4 Å². The van der Waals surface area contributed by atoms with Crippen LogP contribution in [0.1, 0.15) is 34.3 Å². The Bertz CT molecular complexity index is 843. The summed E-state index contributed by atoms with van der Waals surface area (Å²) in [6, 6.07) is 11.3. The molecule has 0 spiro atoms. The van der Waals surface area contributed by atoms with Crippen molar-refractivity contribution in [1.82, 2.24) is 10.2 Å². The molecule has 6 heteroatoms. The maximum atomic E-state index is 12.9. The summed E-state index contributed by atoms with van der Waals surface area (Å²) in [5.41, 5.74) is 3.53. The first-order chi connectivity index (χ1) is 13.4. The molecule has 28 heavy (non-hydrogen) atoms. The van der Waals surface area contributed by atoms with Gasteiger partial charge in [0, 0.05) is 30.9 Å². The number of rotatable bonds is 4. The zero-order chi connectivity index (χ0) is 20.1. The lowest BCUT2D eigenvalue weighted by Crippen LogP contribution is -2.43. The van der Waals surface area contributed by atoms with E-state index in [4.69, 9.17) is 0 Å². The van der Waals surface area contributed by atoms with Crippen LogP contribution in [0, 0.1) is 25.6 Å². The van der Waals surface area contributed by atoms with Crippen molar-refractivity contribution in [2.24, 2.45) is 5.92 Å². The minimum atomic E-state index is -0.332. The first-order valence-corrected chi connectivity index (χ1v) is 9.59. The van der Waals surface area contributed by atoms with E-state index in [1.807, 2.05) is 32.0 Å². The van der Waals surface area contributed by atoms with Crippen LogP contribution in [-0.2, 0) is 0 Å². The Morgan fingerprint density at radius 3 is 2.36 bits per heavy atom. The van der Waals surface area contributed by atoms with Gasteiger partial charge in [0.25, 0.3) is 5.91 Å². The van der Waals surface area contributed by atoms with E-state index in [2.05, 4.69) is 10.6 Å². The third kappa shape index (κ3) is 5.09. The molecule has 1 fully saturated rings. The van der Waals surface area contributed by atoms with E-state index in [-0.39, 0.29) is 17.8 Å². The largest absolute Gasteiger partial charge is 0.352 e. The Kier molecular flexibility index (Phi) is 6.29. The summed E-state index contributed by atoms with van der Waals surface area (Å²) in [7, 11) is 0. The molecule has 0 saturated carbocycles. The molecule has 0 unspecified atom stereocenters. The highest BCUT2D eigenvalue weighted by Crippen LogP contribution is 2.18. The van der Waals surface area contributed by atoms with Crippen molar-refractivity contribution in [3.05, 3.63) is 65.0 Å². The Balaban J connectivity index is 1.43. The summed E-state index contributed by atoms with van der Waals surface area (Å²) >= 11 is 0. The lowest BCUT2D eigenvalue weighted by atomic mass is 9.96. The third-order valence-corrected chi connectivity index (χ3v) is 5.32. The van der Waals surface area contributed by atoms with Crippen LogP contribution in [0.3, 0.4) is 0 Å². The number of halogens is 1. The number of benzene rings is 2. The fraction of sp³-hybridized carbons (Fsp3) is 0.364. The van der Waals surface area contributed by atoms with E-state index in [0.29, 0.717) is 36.8 Å². The molecule has 0 radical (unpaired) electrons. The maximum absolute atomic E-state index is 12.9. The predicted molar refractivity (Wildman–Crippen MR) is 108 cm³/mol.